The SMILES string of the molecule is CS(=O)(=O)N1CCc2nc(-c3ccccn3)nc(N3CCCCC3)c2C1. The molecule has 138 valence electrons. The quantitative estimate of drug-likeness (QED) is 0.817. The predicted molar refractivity (Wildman–Crippen MR) is 100 cm³/mol. The molecule has 7 nitrogen and oxygen atoms in total. The molecule has 8 heteroatoms. The van der Waals surface area contributed by atoms with Crippen molar-refractivity contribution in [2.45, 2.75) is 32.2 Å². The summed E-state index contributed by atoms with van der Waals surface area (Å²) >= 11 is 0. The van der Waals surface area contributed by atoms with Crippen molar-refractivity contribution in [1.29, 1.82) is 0 Å². The third-order valence-electron chi connectivity index (χ3n) is 5.02. The van der Waals surface area contributed by atoms with Crippen LogP contribution in [-0.4, -0.2) is 53.6 Å². The first-order valence-electron chi connectivity index (χ1n) is 9.03. The molecular weight excluding hydrogens is 350 g/mol. The second kappa shape index (κ2) is 6.92. The smallest absolute Gasteiger partial charge is 0.211 e. The third-order valence-corrected chi connectivity index (χ3v) is 6.27. The first-order valence-corrected chi connectivity index (χ1v) is 10.9. The van der Waals surface area contributed by atoms with Gasteiger partial charge in [-0.1, -0.05) is 6.07 Å². The summed E-state index contributed by atoms with van der Waals surface area (Å²) in [5.74, 6) is 1.50. The minimum Gasteiger partial charge on any atom is -0.356 e. The van der Waals surface area contributed by atoms with Gasteiger partial charge in [-0.25, -0.2) is 18.4 Å². The normalized spacial score (nSPS) is 18.6. The average molecular weight is 373 g/mol. The maximum atomic E-state index is 12.0. The van der Waals surface area contributed by atoms with Crippen molar-refractivity contribution < 1.29 is 8.42 Å². The standard InChI is InChI=1S/C18H23N5O2S/c1-26(24,25)23-12-8-15-14(13-23)18(22-10-5-2-6-11-22)21-17(20-15)16-7-3-4-9-19-16/h3-4,7,9H,2,5-6,8,10-13H2,1H3. The van der Waals surface area contributed by atoms with Crippen LogP contribution in [0.2, 0.25) is 0 Å². The molecule has 2 aromatic heterocycles. The lowest BCUT2D eigenvalue weighted by Gasteiger charge is -2.33. The minimum absolute atomic E-state index is 0.350. The van der Waals surface area contributed by atoms with E-state index in [0.29, 0.717) is 25.3 Å². The molecule has 0 spiro atoms. The van der Waals surface area contributed by atoms with Crippen molar-refractivity contribution >= 4 is 15.8 Å². The van der Waals surface area contributed by atoms with E-state index in [1.165, 1.54) is 17.0 Å². The molecule has 0 amide bonds. The van der Waals surface area contributed by atoms with Gasteiger partial charge in [-0.2, -0.15) is 4.31 Å². The fourth-order valence-corrected chi connectivity index (χ4v) is 4.42. The summed E-state index contributed by atoms with van der Waals surface area (Å²) in [6.45, 7) is 2.71. The Bertz CT molecular complexity index is 895. The van der Waals surface area contributed by atoms with Crippen LogP contribution >= 0.6 is 0 Å². The number of anilines is 1. The van der Waals surface area contributed by atoms with Crippen LogP contribution in [0.25, 0.3) is 11.5 Å². The van der Waals surface area contributed by atoms with Gasteiger partial charge in [-0.3, -0.25) is 4.98 Å². The number of pyridine rings is 1. The van der Waals surface area contributed by atoms with Crippen LogP contribution in [0.4, 0.5) is 5.82 Å². The van der Waals surface area contributed by atoms with Gasteiger partial charge < -0.3 is 4.90 Å². The van der Waals surface area contributed by atoms with Crippen molar-refractivity contribution in [3.8, 4) is 11.5 Å². The molecule has 1 fully saturated rings. The number of sulfonamides is 1. The Morgan fingerprint density at radius 3 is 2.54 bits per heavy atom. The first kappa shape index (κ1) is 17.4. The van der Waals surface area contributed by atoms with E-state index in [4.69, 9.17) is 9.97 Å². The van der Waals surface area contributed by atoms with Gasteiger partial charge in [0.1, 0.15) is 11.5 Å². The summed E-state index contributed by atoms with van der Waals surface area (Å²) < 4.78 is 25.6. The van der Waals surface area contributed by atoms with Crippen LogP contribution < -0.4 is 4.90 Å². The number of fused-ring (bicyclic) bond motifs is 1. The predicted octanol–water partition coefficient (Wildman–Crippen LogP) is 1.85. The monoisotopic (exact) mass is 373 g/mol. The highest BCUT2D eigenvalue weighted by atomic mass is 32.2. The van der Waals surface area contributed by atoms with Gasteiger partial charge in [-0.15, -0.1) is 0 Å². The Labute approximate surface area is 154 Å². The van der Waals surface area contributed by atoms with E-state index < -0.39 is 10.0 Å². The maximum absolute atomic E-state index is 12.0. The zero-order chi connectivity index (χ0) is 18.1. The molecule has 0 atom stereocenters. The molecule has 1 saturated heterocycles. The maximum Gasteiger partial charge on any atom is 0.211 e. The summed E-state index contributed by atoms with van der Waals surface area (Å²) in [6, 6.07) is 5.71. The van der Waals surface area contributed by atoms with Gasteiger partial charge in [0, 0.05) is 44.4 Å². The molecule has 0 unspecified atom stereocenters. The van der Waals surface area contributed by atoms with Crippen molar-refractivity contribution in [2.24, 2.45) is 0 Å². The van der Waals surface area contributed by atoms with Gasteiger partial charge in [0.05, 0.1) is 11.9 Å². The van der Waals surface area contributed by atoms with E-state index >= 15 is 0 Å². The molecule has 2 aliphatic rings. The van der Waals surface area contributed by atoms with Gasteiger partial charge in [0.15, 0.2) is 5.82 Å². The molecule has 26 heavy (non-hydrogen) atoms. The first-order chi connectivity index (χ1) is 12.5. The van der Waals surface area contributed by atoms with E-state index in [2.05, 4.69) is 9.88 Å². The molecule has 0 aromatic carbocycles. The molecule has 2 aromatic rings. The Hall–Kier alpha value is -2.06. The number of hydrogen-bond acceptors (Lipinski definition) is 6. The van der Waals surface area contributed by atoms with E-state index in [9.17, 15) is 8.42 Å². The van der Waals surface area contributed by atoms with Crippen LogP contribution in [0, 0.1) is 0 Å². The second-order valence-corrected chi connectivity index (χ2v) is 8.89. The Morgan fingerprint density at radius 1 is 1.04 bits per heavy atom. The van der Waals surface area contributed by atoms with E-state index in [1.54, 1.807) is 6.20 Å². The van der Waals surface area contributed by atoms with Crippen LogP contribution in [0.3, 0.4) is 0 Å². The van der Waals surface area contributed by atoms with Crippen molar-refractivity contribution in [3.05, 3.63) is 35.7 Å². The molecule has 0 N–H and O–H groups in total. The average Bonchev–Trinajstić information content (AvgIpc) is 2.67. The molecular formula is C18H23N5O2S. The van der Waals surface area contributed by atoms with Crippen LogP contribution in [0.1, 0.15) is 30.5 Å². The Balaban J connectivity index is 1.80. The fraction of sp³-hybridized carbons (Fsp3) is 0.500. The summed E-state index contributed by atoms with van der Waals surface area (Å²) in [5, 5.41) is 0. The summed E-state index contributed by atoms with van der Waals surface area (Å²) in [6.07, 6.45) is 7.10. The largest absolute Gasteiger partial charge is 0.356 e. The van der Waals surface area contributed by atoms with E-state index in [0.717, 1.165) is 48.7 Å². The Morgan fingerprint density at radius 2 is 1.85 bits per heavy atom. The lowest BCUT2D eigenvalue weighted by molar-refractivity contribution is 0.389. The number of aromatic nitrogens is 3. The highest BCUT2D eigenvalue weighted by Gasteiger charge is 2.29. The van der Waals surface area contributed by atoms with Crippen molar-refractivity contribution in [2.75, 3.05) is 30.8 Å². The molecule has 4 rings (SSSR count). The highest BCUT2D eigenvalue weighted by molar-refractivity contribution is 7.88. The van der Waals surface area contributed by atoms with E-state index in [1.807, 2.05) is 18.2 Å². The topological polar surface area (TPSA) is 79.3 Å². The van der Waals surface area contributed by atoms with Crippen LogP contribution in [-0.2, 0) is 23.0 Å². The lowest BCUT2D eigenvalue weighted by atomic mass is 10.0. The number of rotatable bonds is 3. The molecule has 0 saturated carbocycles. The molecule has 0 radical (unpaired) electrons. The van der Waals surface area contributed by atoms with Crippen LogP contribution in [0.5, 0.6) is 0 Å². The molecule has 0 bridgehead atoms. The number of hydrogen-bond donors (Lipinski definition) is 0. The lowest BCUT2D eigenvalue weighted by Crippen LogP contribution is -2.38. The zero-order valence-corrected chi connectivity index (χ0v) is 15.7. The van der Waals surface area contributed by atoms with Gasteiger partial charge in [0.2, 0.25) is 10.0 Å². The number of piperidine rings is 1. The van der Waals surface area contributed by atoms with Gasteiger partial charge in [0.25, 0.3) is 0 Å². The molecule has 0 aliphatic carbocycles. The van der Waals surface area contributed by atoms with Crippen LogP contribution in [0.15, 0.2) is 24.4 Å². The summed E-state index contributed by atoms with van der Waals surface area (Å²) in [5.41, 5.74) is 2.64. The van der Waals surface area contributed by atoms with Gasteiger partial charge >= 0.3 is 0 Å². The molecule has 2 aliphatic heterocycles. The summed E-state index contributed by atoms with van der Waals surface area (Å²) in [7, 11) is -3.23. The third kappa shape index (κ3) is 3.43. The number of nitrogens with zero attached hydrogens (tertiary/aromatic N) is 5. The van der Waals surface area contributed by atoms with E-state index in [-0.39, 0.29) is 0 Å². The fourth-order valence-electron chi connectivity index (χ4n) is 3.63. The Kier molecular flexibility index (Phi) is 4.62. The minimum atomic E-state index is -3.23. The second-order valence-electron chi connectivity index (χ2n) is 6.91. The summed E-state index contributed by atoms with van der Waals surface area (Å²) in [4.78, 5) is 16.2. The zero-order valence-electron chi connectivity index (χ0n) is 14.9. The van der Waals surface area contributed by atoms with Gasteiger partial charge in [-0.05, 0) is 31.4 Å². The van der Waals surface area contributed by atoms with Crippen molar-refractivity contribution in [3.63, 3.8) is 0 Å². The molecule has 4 heterocycles. The highest BCUT2D eigenvalue weighted by Crippen LogP contribution is 2.31. The van der Waals surface area contributed by atoms with Crippen molar-refractivity contribution in [1.82, 2.24) is 19.3 Å².